The number of aromatic hydroxyl groups is 2. The minimum absolute atomic E-state index is 0.106. The first-order chi connectivity index (χ1) is 9.10. The van der Waals surface area contributed by atoms with E-state index in [4.69, 9.17) is 4.74 Å². The minimum atomic E-state index is 0.106. The zero-order valence-electron chi connectivity index (χ0n) is 11.7. The van der Waals surface area contributed by atoms with Gasteiger partial charge in [0.2, 0.25) is 0 Å². The molecule has 0 amide bonds. The predicted molar refractivity (Wildman–Crippen MR) is 74.4 cm³/mol. The summed E-state index contributed by atoms with van der Waals surface area (Å²) in [4.78, 5) is 2.31. The van der Waals surface area contributed by atoms with Crippen molar-refractivity contribution in [2.75, 3.05) is 19.7 Å². The van der Waals surface area contributed by atoms with Crippen molar-refractivity contribution in [3.8, 4) is 11.5 Å². The number of benzene rings is 1. The van der Waals surface area contributed by atoms with Crippen LogP contribution in [0.5, 0.6) is 11.5 Å². The van der Waals surface area contributed by atoms with Gasteiger partial charge in [0.05, 0.1) is 6.10 Å². The van der Waals surface area contributed by atoms with Crippen molar-refractivity contribution >= 4 is 0 Å². The van der Waals surface area contributed by atoms with Gasteiger partial charge in [-0.1, -0.05) is 6.92 Å². The second kappa shape index (κ2) is 6.26. The monoisotopic (exact) mass is 265 g/mol. The van der Waals surface area contributed by atoms with E-state index in [0.717, 1.165) is 38.1 Å². The molecule has 106 valence electrons. The lowest BCUT2D eigenvalue weighted by Gasteiger charge is -2.30. The first kappa shape index (κ1) is 14.2. The van der Waals surface area contributed by atoms with Gasteiger partial charge in [0.1, 0.15) is 11.5 Å². The highest BCUT2D eigenvalue weighted by molar-refractivity contribution is 5.38. The topological polar surface area (TPSA) is 52.9 Å². The Morgan fingerprint density at radius 1 is 1.32 bits per heavy atom. The summed E-state index contributed by atoms with van der Waals surface area (Å²) in [6.45, 7) is 6.88. The molecule has 2 rings (SSSR count). The first-order valence-electron chi connectivity index (χ1n) is 6.98. The molecule has 4 heteroatoms. The summed E-state index contributed by atoms with van der Waals surface area (Å²) in [5.41, 5.74) is 0.928. The normalized spacial score (nSPS) is 20.9. The second-order valence-electron chi connectivity index (χ2n) is 5.18. The summed E-state index contributed by atoms with van der Waals surface area (Å²) in [6, 6.07) is 4.92. The number of hydrogen-bond acceptors (Lipinski definition) is 4. The van der Waals surface area contributed by atoms with Gasteiger partial charge in [-0.3, -0.25) is 4.90 Å². The van der Waals surface area contributed by atoms with Crippen molar-refractivity contribution in [1.82, 2.24) is 4.90 Å². The van der Waals surface area contributed by atoms with Gasteiger partial charge < -0.3 is 14.9 Å². The molecule has 0 bridgehead atoms. The molecule has 4 nitrogen and oxygen atoms in total. The van der Waals surface area contributed by atoms with E-state index in [1.54, 1.807) is 12.1 Å². The van der Waals surface area contributed by atoms with Crippen LogP contribution in [0.3, 0.4) is 0 Å². The van der Waals surface area contributed by atoms with Crippen molar-refractivity contribution < 1.29 is 14.9 Å². The molecule has 1 aliphatic rings. The smallest absolute Gasteiger partial charge is 0.119 e. The largest absolute Gasteiger partial charge is 0.508 e. The summed E-state index contributed by atoms with van der Waals surface area (Å²) < 4.78 is 5.68. The summed E-state index contributed by atoms with van der Waals surface area (Å²) in [5.74, 6) is 0.213. The summed E-state index contributed by atoms with van der Waals surface area (Å²) in [6.07, 6.45) is 2.58. The Hall–Kier alpha value is -1.26. The van der Waals surface area contributed by atoms with E-state index >= 15 is 0 Å². The molecule has 0 radical (unpaired) electrons. The number of rotatable bonds is 5. The lowest BCUT2D eigenvalue weighted by molar-refractivity contribution is 0.0618. The highest BCUT2D eigenvalue weighted by Crippen LogP contribution is 2.29. The van der Waals surface area contributed by atoms with E-state index in [1.807, 2.05) is 0 Å². The molecule has 1 heterocycles. The molecule has 1 saturated heterocycles. The van der Waals surface area contributed by atoms with Crippen molar-refractivity contribution in [2.45, 2.75) is 38.8 Å². The van der Waals surface area contributed by atoms with Crippen LogP contribution < -0.4 is 0 Å². The van der Waals surface area contributed by atoms with Crippen molar-refractivity contribution in [3.05, 3.63) is 23.8 Å². The summed E-state index contributed by atoms with van der Waals surface area (Å²) >= 11 is 0. The number of likely N-dealkylation sites (N-methyl/N-ethyl adjacent to an activating group) is 1. The highest BCUT2D eigenvalue weighted by atomic mass is 16.5. The lowest BCUT2D eigenvalue weighted by atomic mass is 10.1. The molecule has 1 aromatic carbocycles. The molecule has 19 heavy (non-hydrogen) atoms. The Labute approximate surface area is 114 Å². The van der Waals surface area contributed by atoms with E-state index in [1.165, 1.54) is 6.07 Å². The molecule has 2 N–H and O–H groups in total. The quantitative estimate of drug-likeness (QED) is 0.859. The second-order valence-corrected chi connectivity index (χ2v) is 5.18. The van der Waals surface area contributed by atoms with Crippen LogP contribution in [-0.2, 0) is 4.74 Å². The van der Waals surface area contributed by atoms with Gasteiger partial charge in [0, 0.05) is 25.3 Å². The maximum Gasteiger partial charge on any atom is 0.119 e. The van der Waals surface area contributed by atoms with Crippen LogP contribution in [0.15, 0.2) is 18.2 Å². The third-order valence-corrected chi connectivity index (χ3v) is 3.82. The molecule has 1 aliphatic heterocycles. The fourth-order valence-electron chi connectivity index (χ4n) is 2.68. The predicted octanol–water partition coefficient (Wildman–Crippen LogP) is 2.66. The third kappa shape index (κ3) is 3.61. The van der Waals surface area contributed by atoms with E-state index in [-0.39, 0.29) is 17.5 Å². The first-order valence-corrected chi connectivity index (χ1v) is 6.98. The Bertz CT molecular complexity index is 396. The van der Waals surface area contributed by atoms with Crippen molar-refractivity contribution in [3.63, 3.8) is 0 Å². The Balaban J connectivity index is 2.07. The lowest BCUT2D eigenvalue weighted by Crippen LogP contribution is -2.34. The minimum Gasteiger partial charge on any atom is -0.508 e. The molecule has 0 aliphatic carbocycles. The average Bonchev–Trinajstić information content (AvgIpc) is 2.86. The van der Waals surface area contributed by atoms with Gasteiger partial charge in [0.25, 0.3) is 0 Å². The maximum atomic E-state index is 9.58. The third-order valence-electron chi connectivity index (χ3n) is 3.82. The van der Waals surface area contributed by atoms with Crippen molar-refractivity contribution in [1.29, 1.82) is 0 Å². The number of phenols is 2. The van der Waals surface area contributed by atoms with E-state index in [9.17, 15) is 10.2 Å². The standard InChI is InChI=1S/C15H23NO3/c1-3-16(10-15-5-4-6-19-15)11(2)12-7-13(17)9-14(18)8-12/h7-9,11,15,17-18H,3-6,10H2,1-2H3. The fraction of sp³-hybridized carbons (Fsp3) is 0.600. The number of phenolic OH excluding ortho intramolecular Hbond substituents is 2. The molecule has 1 aromatic rings. The van der Waals surface area contributed by atoms with E-state index < -0.39 is 0 Å². The van der Waals surface area contributed by atoms with Crippen molar-refractivity contribution in [2.24, 2.45) is 0 Å². The zero-order valence-corrected chi connectivity index (χ0v) is 11.7. The van der Waals surface area contributed by atoms with Crippen LogP contribution in [0, 0.1) is 0 Å². The molecule has 0 aromatic heterocycles. The Kier molecular flexibility index (Phi) is 4.66. The van der Waals surface area contributed by atoms with Gasteiger partial charge in [0.15, 0.2) is 0 Å². The van der Waals surface area contributed by atoms with Crippen LogP contribution >= 0.6 is 0 Å². The SMILES string of the molecule is CCN(CC1CCCO1)C(C)c1cc(O)cc(O)c1. The Morgan fingerprint density at radius 2 is 2.00 bits per heavy atom. The maximum absolute atomic E-state index is 9.58. The van der Waals surface area contributed by atoms with E-state index in [2.05, 4.69) is 18.7 Å². The molecular weight excluding hydrogens is 242 g/mol. The average molecular weight is 265 g/mol. The van der Waals surface area contributed by atoms with Crippen LogP contribution in [0.25, 0.3) is 0 Å². The number of nitrogens with zero attached hydrogens (tertiary/aromatic N) is 1. The van der Waals surface area contributed by atoms with E-state index in [0.29, 0.717) is 6.10 Å². The van der Waals surface area contributed by atoms with Gasteiger partial charge in [-0.25, -0.2) is 0 Å². The van der Waals surface area contributed by atoms with Crippen LogP contribution in [0.4, 0.5) is 0 Å². The number of ether oxygens (including phenoxy) is 1. The molecule has 2 unspecified atom stereocenters. The fourth-order valence-corrected chi connectivity index (χ4v) is 2.68. The highest BCUT2D eigenvalue weighted by Gasteiger charge is 2.22. The zero-order chi connectivity index (χ0) is 13.8. The van der Waals surface area contributed by atoms with Crippen LogP contribution in [-0.4, -0.2) is 40.9 Å². The molecule has 1 fully saturated rings. The summed E-state index contributed by atoms with van der Waals surface area (Å²) in [7, 11) is 0. The van der Waals surface area contributed by atoms with Crippen LogP contribution in [0.2, 0.25) is 0 Å². The number of hydrogen-bond donors (Lipinski definition) is 2. The molecule has 2 atom stereocenters. The summed E-state index contributed by atoms with van der Waals surface area (Å²) in [5, 5.41) is 19.2. The van der Waals surface area contributed by atoms with Gasteiger partial charge in [-0.05, 0) is 44.0 Å². The van der Waals surface area contributed by atoms with Gasteiger partial charge in [-0.15, -0.1) is 0 Å². The van der Waals surface area contributed by atoms with Gasteiger partial charge >= 0.3 is 0 Å². The molecule has 0 saturated carbocycles. The van der Waals surface area contributed by atoms with Crippen LogP contribution in [0.1, 0.15) is 38.3 Å². The molecule has 0 spiro atoms. The Morgan fingerprint density at radius 3 is 2.53 bits per heavy atom. The molecular formula is C15H23NO3. The van der Waals surface area contributed by atoms with Gasteiger partial charge in [-0.2, -0.15) is 0 Å².